The van der Waals surface area contributed by atoms with Crippen LogP contribution in [0.4, 0.5) is 5.69 Å². The molecule has 1 unspecified atom stereocenters. The van der Waals surface area contributed by atoms with Gasteiger partial charge in [0.15, 0.2) is 5.17 Å². The fourth-order valence-electron chi connectivity index (χ4n) is 2.65. The predicted molar refractivity (Wildman–Crippen MR) is 86.3 cm³/mol. The van der Waals surface area contributed by atoms with Crippen molar-refractivity contribution in [3.63, 3.8) is 0 Å². The first kappa shape index (κ1) is 14.7. The van der Waals surface area contributed by atoms with E-state index >= 15 is 0 Å². The van der Waals surface area contributed by atoms with Gasteiger partial charge >= 0.3 is 5.97 Å². The summed E-state index contributed by atoms with van der Waals surface area (Å²) in [5, 5.41) is 1.69. The number of esters is 1. The number of amidine groups is 1. The first-order chi connectivity index (χ1) is 10.2. The van der Waals surface area contributed by atoms with Crippen molar-refractivity contribution in [1.29, 1.82) is 0 Å². The topological polar surface area (TPSA) is 41.9 Å². The lowest BCUT2D eigenvalue weighted by Gasteiger charge is -2.28. The van der Waals surface area contributed by atoms with Gasteiger partial charge < -0.3 is 9.64 Å². The summed E-state index contributed by atoms with van der Waals surface area (Å²) in [5.74, 6) is -0.207. The van der Waals surface area contributed by atoms with Crippen LogP contribution in [0.25, 0.3) is 0 Å². The zero-order valence-electron chi connectivity index (χ0n) is 11.8. The molecule has 0 amide bonds. The molecule has 2 aliphatic heterocycles. The third kappa shape index (κ3) is 3.19. The number of benzene rings is 1. The Morgan fingerprint density at radius 2 is 2.24 bits per heavy atom. The molecule has 0 radical (unpaired) electrons. The van der Waals surface area contributed by atoms with Crippen LogP contribution in [0.2, 0.25) is 5.02 Å². The molecule has 2 aliphatic rings. The van der Waals surface area contributed by atoms with Gasteiger partial charge in [-0.1, -0.05) is 23.4 Å². The fourth-order valence-corrected chi connectivity index (χ4v) is 4.10. The molecule has 1 atom stereocenters. The Bertz CT molecular complexity index is 585. The number of rotatable bonds is 2. The molecule has 0 saturated carbocycles. The number of fused-ring (bicyclic) bond motifs is 1. The number of methoxy groups -OCH3 is 1. The Labute approximate surface area is 133 Å². The highest BCUT2D eigenvalue weighted by molar-refractivity contribution is 8.14. The molecule has 3 rings (SSSR count). The molecule has 2 heterocycles. The van der Waals surface area contributed by atoms with Gasteiger partial charge in [0.2, 0.25) is 0 Å². The van der Waals surface area contributed by atoms with Crippen LogP contribution in [0.5, 0.6) is 0 Å². The third-order valence-corrected chi connectivity index (χ3v) is 5.26. The van der Waals surface area contributed by atoms with Gasteiger partial charge in [0, 0.05) is 18.1 Å². The second-order valence-corrected chi connectivity index (χ2v) is 6.78. The van der Waals surface area contributed by atoms with E-state index in [2.05, 4.69) is 4.90 Å². The summed E-state index contributed by atoms with van der Waals surface area (Å²) in [6.45, 7) is 2.08. The van der Waals surface area contributed by atoms with Crippen molar-refractivity contribution in [2.24, 2.45) is 4.99 Å². The number of carbonyl (C=O) groups excluding carboxylic acids is 1. The summed E-state index contributed by atoms with van der Waals surface area (Å²) < 4.78 is 4.82. The smallest absolute Gasteiger partial charge is 0.306 e. The molecule has 0 spiro atoms. The molecule has 112 valence electrons. The number of nitrogens with zero attached hydrogens (tertiary/aromatic N) is 2. The quantitative estimate of drug-likeness (QED) is 0.776. The molecule has 6 heteroatoms. The van der Waals surface area contributed by atoms with Gasteiger partial charge in [-0.3, -0.25) is 4.79 Å². The van der Waals surface area contributed by atoms with Crippen LogP contribution in [0.3, 0.4) is 0 Å². The van der Waals surface area contributed by atoms with Gasteiger partial charge in [-0.05, 0) is 36.6 Å². The SMILES string of the molecule is COC(=O)CC1SC(N2CCCC2)=Nc2ccc(Cl)cc21. The number of ether oxygens (including phenoxy) is 1. The summed E-state index contributed by atoms with van der Waals surface area (Å²) in [7, 11) is 1.42. The minimum absolute atomic E-state index is 0.0132. The zero-order valence-corrected chi connectivity index (χ0v) is 13.4. The summed E-state index contributed by atoms with van der Waals surface area (Å²) in [6.07, 6.45) is 2.74. The van der Waals surface area contributed by atoms with E-state index in [1.807, 2.05) is 18.2 Å². The van der Waals surface area contributed by atoms with Crippen LogP contribution < -0.4 is 0 Å². The Hall–Kier alpha value is -1.20. The molecular formula is C15H17ClN2O2S. The highest BCUT2D eigenvalue weighted by Gasteiger charge is 2.29. The van der Waals surface area contributed by atoms with E-state index < -0.39 is 0 Å². The van der Waals surface area contributed by atoms with E-state index in [4.69, 9.17) is 21.3 Å². The monoisotopic (exact) mass is 324 g/mol. The molecule has 0 N–H and O–H groups in total. The highest BCUT2D eigenvalue weighted by atomic mass is 35.5. The highest BCUT2D eigenvalue weighted by Crippen LogP contribution is 2.45. The maximum absolute atomic E-state index is 11.7. The molecule has 1 fully saturated rings. The standard InChI is InChI=1S/C15H17ClN2O2S/c1-20-14(19)9-13-11-8-10(16)4-5-12(11)17-15(21-13)18-6-2-3-7-18/h4-5,8,13H,2-3,6-7,9H2,1H3. The van der Waals surface area contributed by atoms with Crippen molar-refractivity contribution in [2.75, 3.05) is 20.2 Å². The van der Waals surface area contributed by atoms with Crippen molar-refractivity contribution in [1.82, 2.24) is 4.90 Å². The number of halogens is 1. The molecule has 0 aliphatic carbocycles. The Balaban J connectivity index is 1.93. The summed E-state index contributed by atoms with van der Waals surface area (Å²) >= 11 is 7.73. The molecule has 21 heavy (non-hydrogen) atoms. The first-order valence-electron chi connectivity index (χ1n) is 7.04. The lowest BCUT2D eigenvalue weighted by Crippen LogP contribution is -2.27. The van der Waals surface area contributed by atoms with E-state index in [0.717, 1.165) is 29.5 Å². The maximum atomic E-state index is 11.7. The third-order valence-electron chi connectivity index (χ3n) is 3.76. The van der Waals surface area contributed by atoms with E-state index in [9.17, 15) is 4.79 Å². The predicted octanol–water partition coefficient (Wildman–Crippen LogP) is 3.77. The Morgan fingerprint density at radius 1 is 1.48 bits per heavy atom. The first-order valence-corrected chi connectivity index (χ1v) is 8.29. The Morgan fingerprint density at radius 3 is 2.95 bits per heavy atom. The van der Waals surface area contributed by atoms with Crippen LogP contribution >= 0.6 is 23.4 Å². The van der Waals surface area contributed by atoms with Gasteiger partial charge in [-0.15, -0.1) is 0 Å². The van der Waals surface area contributed by atoms with E-state index in [1.54, 1.807) is 11.8 Å². The molecule has 1 aromatic rings. The molecule has 0 bridgehead atoms. The zero-order chi connectivity index (χ0) is 14.8. The van der Waals surface area contributed by atoms with E-state index in [0.29, 0.717) is 11.4 Å². The van der Waals surface area contributed by atoms with Gasteiger partial charge in [0.05, 0.1) is 24.5 Å². The van der Waals surface area contributed by atoms with Gasteiger partial charge in [0.1, 0.15) is 0 Å². The normalized spacial score (nSPS) is 21.0. The van der Waals surface area contributed by atoms with E-state index in [-0.39, 0.29) is 11.2 Å². The van der Waals surface area contributed by atoms with Crippen LogP contribution in [0.1, 0.15) is 30.1 Å². The number of carbonyl (C=O) groups is 1. The molecule has 1 aromatic carbocycles. The van der Waals surface area contributed by atoms with Crippen LogP contribution in [-0.2, 0) is 9.53 Å². The van der Waals surface area contributed by atoms with Crippen molar-refractivity contribution in [3.05, 3.63) is 28.8 Å². The number of aliphatic imine (C=N–C) groups is 1. The van der Waals surface area contributed by atoms with Crippen molar-refractivity contribution in [3.8, 4) is 0 Å². The van der Waals surface area contributed by atoms with Crippen molar-refractivity contribution >= 4 is 40.2 Å². The van der Waals surface area contributed by atoms with E-state index in [1.165, 1.54) is 20.0 Å². The van der Waals surface area contributed by atoms with Gasteiger partial charge in [0.25, 0.3) is 0 Å². The van der Waals surface area contributed by atoms with Crippen LogP contribution in [0, 0.1) is 0 Å². The number of hydrogen-bond acceptors (Lipinski definition) is 5. The second-order valence-electron chi connectivity index (χ2n) is 5.18. The summed E-state index contributed by atoms with van der Waals surface area (Å²) in [6, 6.07) is 5.68. The van der Waals surface area contributed by atoms with Gasteiger partial charge in [-0.2, -0.15) is 0 Å². The molecule has 0 aromatic heterocycles. The van der Waals surface area contributed by atoms with Crippen LogP contribution in [0.15, 0.2) is 23.2 Å². The largest absolute Gasteiger partial charge is 0.469 e. The minimum atomic E-state index is -0.207. The lowest BCUT2D eigenvalue weighted by molar-refractivity contribution is -0.140. The fraction of sp³-hybridized carbons (Fsp3) is 0.467. The molecular weight excluding hydrogens is 308 g/mol. The summed E-state index contributed by atoms with van der Waals surface area (Å²) in [5.41, 5.74) is 1.93. The second kappa shape index (κ2) is 6.28. The average molecular weight is 325 g/mol. The number of thioether (sulfide) groups is 1. The van der Waals surface area contributed by atoms with Crippen LogP contribution in [-0.4, -0.2) is 36.2 Å². The average Bonchev–Trinajstić information content (AvgIpc) is 3.01. The number of hydrogen-bond donors (Lipinski definition) is 0. The molecule has 1 saturated heterocycles. The Kier molecular flexibility index (Phi) is 4.40. The van der Waals surface area contributed by atoms with Crippen molar-refractivity contribution in [2.45, 2.75) is 24.5 Å². The summed E-state index contributed by atoms with van der Waals surface area (Å²) in [4.78, 5) is 18.7. The minimum Gasteiger partial charge on any atom is -0.469 e. The lowest BCUT2D eigenvalue weighted by atomic mass is 10.1. The van der Waals surface area contributed by atoms with Crippen molar-refractivity contribution < 1.29 is 9.53 Å². The molecule has 4 nitrogen and oxygen atoms in total. The van der Waals surface area contributed by atoms with Gasteiger partial charge in [-0.25, -0.2) is 4.99 Å². The maximum Gasteiger partial charge on any atom is 0.306 e. The number of likely N-dealkylation sites (tertiary alicyclic amines) is 1.